The molecule has 0 aliphatic rings. The van der Waals surface area contributed by atoms with Gasteiger partial charge >= 0.3 is 6.18 Å². The van der Waals surface area contributed by atoms with Gasteiger partial charge in [-0.2, -0.15) is 13.2 Å². The van der Waals surface area contributed by atoms with Crippen molar-refractivity contribution in [1.29, 1.82) is 0 Å². The molecular formula is C26H28F3NO3. The SMILES string of the molecule is COCCOc1ccc(CN[C@H](C)c2cccc(OC)c2)cc1-c1ccc(C(F)(F)F)cc1. The van der Waals surface area contributed by atoms with Crippen molar-refractivity contribution in [2.45, 2.75) is 25.7 Å². The first kappa shape index (κ1) is 24.6. The highest BCUT2D eigenvalue weighted by atomic mass is 19.4. The standard InChI is InChI=1S/C26H28F3NO3/c1-18(21-5-4-6-23(16-21)32-3)30-17-19-7-12-25(33-14-13-31-2)24(15-19)20-8-10-22(11-9-20)26(27,28)29/h4-12,15-16,18,30H,13-14,17H2,1-3H3/t18-/m1/s1. The lowest BCUT2D eigenvalue weighted by atomic mass is 10.00. The van der Waals surface area contributed by atoms with Crippen LogP contribution < -0.4 is 14.8 Å². The second-order valence-corrected chi connectivity index (χ2v) is 7.63. The second kappa shape index (κ2) is 11.2. The van der Waals surface area contributed by atoms with Crippen molar-refractivity contribution in [3.05, 3.63) is 83.4 Å². The van der Waals surface area contributed by atoms with Gasteiger partial charge in [-0.15, -0.1) is 0 Å². The summed E-state index contributed by atoms with van der Waals surface area (Å²) in [6.45, 7) is 3.39. The molecule has 0 bridgehead atoms. The Balaban J connectivity index is 1.81. The van der Waals surface area contributed by atoms with Gasteiger partial charge in [-0.1, -0.05) is 30.3 Å². The van der Waals surface area contributed by atoms with E-state index in [1.165, 1.54) is 12.1 Å². The summed E-state index contributed by atoms with van der Waals surface area (Å²) < 4.78 is 55.1. The minimum atomic E-state index is -4.38. The number of methoxy groups -OCH3 is 2. The van der Waals surface area contributed by atoms with Crippen LogP contribution in [-0.2, 0) is 17.5 Å². The lowest BCUT2D eigenvalue weighted by molar-refractivity contribution is -0.137. The number of halogens is 3. The first-order valence-corrected chi connectivity index (χ1v) is 10.6. The number of alkyl halides is 3. The van der Waals surface area contributed by atoms with E-state index in [9.17, 15) is 13.2 Å². The van der Waals surface area contributed by atoms with E-state index in [2.05, 4.69) is 12.2 Å². The van der Waals surface area contributed by atoms with Crippen LogP contribution in [0.4, 0.5) is 13.2 Å². The second-order valence-electron chi connectivity index (χ2n) is 7.63. The van der Waals surface area contributed by atoms with E-state index < -0.39 is 11.7 Å². The monoisotopic (exact) mass is 459 g/mol. The largest absolute Gasteiger partial charge is 0.497 e. The number of ether oxygens (including phenoxy) is 3. The summed E-state index contributed by atoms with van der Waals surface area (Å²) in [6, 6.07) is 18.8. The highest BCUT2D eigenvalue weighted by molar-refractivity contribution is 5.71. The molecule has 1 atom stereocenters. The van der Waals surface area contributed by atoms with Crippen LogP contribution in [-0.4, -0.2) is 27.4 Å². The van der Waals surface area contributed by atoms with Crippen LogP contribution in [0.2, 0.25) is 0 Å². The third kappa shape index (κ3) is 6.73. The summed E-state index contributed by atoms with van der Waals surface area (Å²) in [7, 11) is 3.22. The molecule has 0 spiro atoms. The lowest BCUT2D eigenvalue weighted by Gasteiger charge is -2.17. The normalized spacial score (nSPS) is 12.4. The Kier molecular flexibility index (Phi) is 8.36. The molecule has 0 aromatic heterocycles. The summed E-state index contributed by atoms with van der Waals surface area (Å²) in [5, 5.41) is 3.48. The van der Waals surface area contributed by atoms with Crippen LogP contribution in [0.15, 0.2) is 66.7 Å². The Morgan fingerprint density at radius 1 is 0.909 bits per heavy atom. The summed E-state index contributed by atoms with van der Waals surface area (Å²) >= 11 is 0. The third-order valence-electron chi connectivity index (χ3n) is 5.32. The molecular weight excluding hydrogens is 431 g/mol. The van der Waals surface area contributed by atoms with E-state index in [-0.39, 0.29) is 6.04 Å². The Morgan fingerprint density at radius 3 is 2.33 bits per heavy atom. The summed E-state index contributed by atoms with van der Waals surface area (Å²) in [5.74, 6) is 1.39. The predicted octanol–water partition coefficient (Wildman–Crippen LogP) is 6.26. The van der Waals surface area contributed by atoms with Crippen LogP contribution in [0.5, 0.6) is 11.5 Å². The molecule has 4 nitrogen and oxygen atoms in total. The Morgan fingerprint density at radius 2 is 1.67 bits per heavy atom. The minimum Gasteiger partial charge on any atom is -0.497 e. The number of hydrogen-bond donors (Lipinski definition) is 1. The zero-order chi connectivity index (χ0) is 23.8. The molecule has 176 valence electrons. The zero-order valence-corrected chi connectivity index (χ0v) is 18.9. The topological polar surface area (TPSA) is 39.7 Å². The quantitative estimate of drug-likeness (QED) is 0.364. The predicted molar refractivity (Wildman–Crippen MR) is 122 cm³/mol. The fraction of sp³-hybridized carbons (Fsp3) is 0.308. The van der Waals surface area contributed by atoms with E-state index in [1.807, 2.05) is 42.5 Å². The van der Waals surface area contributed by atoms with Crippen molar-refractivity contribution in [2.24, 2.45) is 0 Å². The van der Waals surface area contributed by atoms with Crippen molar-refractivity contribution in [2.75, 3.05) is 27.4 Å². The molecule has 0 unspecified atom stereocenters. The Labute approximate surface area is 192 Å². The lowest BCUT2D eigenvalue weighted by Crippen LogP contribution is -2.18. The molecule has 0 saturated heterocycles. The maximum Gasteiger partial charge on any atom is 0.416 e. The van der Waals surface area contributed by atoms with Gasteiger partial charge in [-0.25, -0.2) is 0 Å². The Bertz CT molecular complexity index is 1040. The van der Waals surface area contributed by atoms with Crippen molar-refractivity contribution in [3.63, 3.8) is 0 Å². The first-order valence-electron chi connectivity index (χ1n) is 10.6. The van der Waals surface area contributed by atoms with Gasteiger partial charge in [0.05, 0.1) is 19.3 Å². The molecule has 3 rings (SSSR count). The van der Waals surface area contributed by atoms with Gasteiger partial charge in [-0.05, 0) is 60.0 Å². The molecule has 0 fully saturated rings. The van der Waals surface area contributed by atoms with E-state index in [1.54, 1.807) is 14.2 Å². The van der Waals surface area contributed by atoms with Crippen LogP contribution in [0.25, 0.3) is 11.1 Å². The summed E-state index contributed by atoms with van der Waals surface area (Å²) in [5.41, 5.74) is 2.78. The average Bonchev–Trinajstić information content (AvgIpc) is 2.82. The molecule has 0 saturated carbocycles. The molecule has 0 aliphatic carbocycles. The molecule has 0 heterocycles. The molecule has 3 aromatic carbocycles. The zero-order valence-electron chi connectivity index (χ0n) is 18.9. The van der Waals surface area contributed by atoms with Gasteiger partial charge in [0.2, 0.25) is 0 Å². The van der Waals surface area contributed by atoms with E-state index in [4.69, 9.17) is 14.2 Å². The van der Waals surface area contributed by atoms with Gasteiger partial charge in [0.15, 0.2) is 0 Å². The van der Waals surface area contributed by atoms with E-state index >= 15 is 0 Å². The molecule has 1 N–H and O–H groups in total. The number of benzene rings is 3. The fourth-order valence-electron chi connectivity index (χ4n) is 3.41. The average molecular weight is 460 g/mol. The summed E-state index contributed by atoms with van der Waals surface area (Å²) in [6.07, 6.45) is -4.38. The number of rotatable bonds is 10. The Hall–Kier alpha value is -3.03. The van der Waals surface area contributed by atoms with Crippen molar-refractivity contribution >= 4 is 0 Å². The molecule has 3 aromatic rings. The number of hydrogen-bond acceptors (Lipinski definition) is 4. The van der Waals surface area contributed by atoms with Crippen molar-refractivity contribution in [3.8, 4) is 22.6 Å². The van der Waals surface area contributed by atoms with Crippen LogP contribution >= 0.6 is 0 Å². The van der Waals surface area contributed by atoms with Gasteiger partial charge in [0.1, 0.15) is 18.1 Å². The maximum absolute atomic E-state index is 13.0. The smallest absolute Gasteiger partial charge is 0.416 e. The van der Waals surface area contributed by atoms with Crippen LogP contribution in [0.3, 0.4) is 0 Å². The molecule has 7 heteroatoms. The third-order valence-corrected chi connectivity index (χ3v) is 5.32. The maximum atomic E-state index is 13.0. The van der Waals surface area contributed by atoms with Gasteiger partial charge in [0, 0.05) is 25.3 Å². The highest BCUT2D eigenvalue weighted by Gasteiger charge is 2.30. The van der Waals surface area contributed by atoms with Crippen molar-refractivity contribution in [1.82, 2.24) is 5.32 Å². The van der Waals surface area contributed by atoms with Crippen LogP contribution in [0, 0.1) is 0 Å². The van der Waals surface area contributed by atoms with Gasteiger partial charge in [-0.3, -0.25) is 0 Å². The van der Waals surface area contributed by atoms with Crippen LogP contribution in [0.1, 0.15) is 29.7 Å². The van der Waals surface area contributed by atoms with Gasteiger partial charge in [0.25, 0.3) is 0 Å². The van der Waals surface area contributed by atoms with Crippen molar-refractivity contribution < 1.29 is 27.4 Å². The highest BCUT2D eigenvalue weighted by Crippen LogP contribution is 2.35. The van der Waals surface area contributed by atoms with E-state index in [0.29, 0.717) is 31.1 Å². The van der Waals surface area contributed by atoms with Gasteiger partial charge < -0.3 is 19.5 Å². The molecule has 0 aliphatic heterocycles. The van der Waals surface area contributed by atoms with E-state index in [0.717, 1.165) is 34.6 Å². The molecule has 0 radical (unpaired) electrons. The summed E-state index contributed by atoms with van der Waals surface area (Å²) in [4.78, 5) is 0. The molecule has 0 amide bonds. The number of nitrogens with one attached hydrogen (secondary N) is 1. The minimum absolute atomic E-state index is 0.0762. The first-order chi connectivity index (χ1) is 15.8. The molecule has 33 heavy (non-hydrogen) atoms. The fourth-order valence-corrected chi connectivity index (χ4v) is 3.41.